The maximum atomic E-state index is 6.27. The molecule has 0 aliphatic carbocycles. The standard InChI is InChI=1S/C19H20ClN3S/c1-13-3-2-9-23(13)10-7-19-22-17-5-4-14(11-18(17)24-19)15-6-8-21-12-16(15)20/h4-6,8,11-13H,2-3,7,9-10H2,1H3/t13-/m1/s1. The summed E-state index contributed by atoms with van der Waals surface area (Å²) in [4.78, 5) is 11.4. The van der Waals surface area contributed by atoms with Crippen molar-refractivity contribution in [3.8, 4) is 11.1 Å². The summed E-state index contributed by atoms with van der Waals surface area (Å²) in [5.74, 6) is 0. The Kier molecular flexibility index (Phi) is 4.53. The Balaban J connectivity index is 1.56. The molecule has 0 amide bonds. The van der Waals surface area contributed by atoms with Gasteiger partial charge >= 0.3 is 0 Å². The molecule has 24 heavy (non-hydrogen) atoms. The van der Waals surface area contributed by atoms with Crippen LogP contribution in [0, 0.1) is 0 Å². The lowest BCUT2D eigenvalue weighted by Crippen LogP contribution is -2.28. The van der Waals surface area contributed by atoms with E-state index in [-0.39, 0.29) is 0 Å². The van der Waals surface area contributed by atoms with Crippen molar-refractivity contribution in [1.82, 2.24) is 14.9 Å². The summed E-state index contributed by atoms with van der Waals surface area (Å²) in [6.07, 6.45) is 7.17. The first-order chi connectivity index (χ1) is 11.7. The van der Waals surface area contributed by atoms with E-state index in [1.54, 1.807) is 23.7 Å². The van der Waals surface area contributed by atoms with Crippen LogP contribution in [0.5, 0.6) is 0 Å². The molecule has 1 saturated heterocycles. The molecule has 2 aromatic heterocycles. The highest BCUT2D eigenvalue weighted by atomic mass is 35.5. The van der Waals surface area contributed by atoms with E-state index in [1.807, 2.05) is 6.07 Å². The van der Waals surface area contributed by atoms with Crippen molar-refractivity contribution in [2.75, 3.05) is 13.1 Å². The Morgan fingerprint density at radius 3 is 3.04 bits per heavy atom. The number of likely N-dealkylation sites (tertiary alicyclic amines) is 1. The first kappa shape index (κ1) is 16.0. The predicted octanol–water partition coefficient (Wildman–Crippen LogP) is 5.04. The summed E-state index contributed by atoms with van der Waals surface area (Å²) in [5, 5.41) is 1.91. The van der Waals surface area contributed by atoms with Gasteiger partial charge in [0.2, 0.25) is 0 Å². The molecule has 3 aromatic rings. The van der Waals surface area contributed by atoms with Gasteiger partial charge in [0, 0.05) is 37.0 Å². The van der Waals surface area contributed by atoms with Crippen LogP contribution in [-0.2, 0) is 6.42 Å². The van der Waals surface area contributed by atoms with Crippen LogP contribution in [0.4, 0.5) is 0 Å². The second kappa shape index (κ2) is 6.79. The van der Waals surface area contributed by atoms with Gasteiger partial charge in [-0.15, -0.1) is 11.3 Å². The summed E-state index contributed by atoms with van der Waals surface area (Å²) in [7, 11) is 0. The number of pyridine rings is 1. The largest absolute Gasteiger partial charge is 0.300 e. The van der Waals surface area contributed by atoms with Gasteiger partial charge in [-0.1, -0.05) is 17.7 Å². The molecule has 1 fully saturated rings. The minimum atomic E-state index is 0.685. The van der Waals surface area contributed by atoms with Gasteiger partial charge in [0.1, 0.15) is 0 Å². The van der Waals surface area contributed by atoms with Crippen LogP contribution in [0.2, 0.25) is 5.02 Å². The van der Waals surface area contributed by atoms with E-state index in [2.05, 4.69) is 35.0 Å². The van der Waals surface area contributed by atoms with Crippen molar-refractivity contribution in [1.29, 1.82) is 0 Å². The molecule has 0 radical (unpaired) electrons. The zero-order valence-electron chi connectivity index (χ0n) is 13.7. The van der Waals surface area contributed by atoms with Gasteiger partial charge in [0.25, 0.3) is 0 Å². The van der Waals surface area contributed by atoms with Crippen LogP contribution < -0.4 is 0 Å². The van der Waals surface area contributed by atoms with Crippen LogP contribution in [0.3, 0.4) is 0 Å². The highest BCUT2D eigenvalue weighted by Gasteiger charge is 2.20. The Labute approximate surface area is 151 Å². The average molecular weight is 358 g/mol. The smallest absolute Gasteiger partial charge is 0.0951 e. The summed E-state index contributed by atoms with van der Waals surface area (Å²) < 4.78 is 1.23. The fourth-order valence-electron chi connectivity index (χ4n) is 3.42. The molecule has 0 saturated carbocycles. The number of thiazole rings is 1. The van der Waals surface area contributed by atoms with Crippen LogP contribution >= 0.6 is 22.9 Å². The van der Waals surface area contributed by atoms with E-state index >= 15 is 0 Å². The lowest BCUT2D eigenvalue weighted by molar-refractivity contribution is 0.272. The third-order valence-corrected chi connectivity index (χ3v) is 6.20. The monoisotopic (exact) mass is 357 g/mol. The molecule has 1 aromatic carbocycles. The van der Waals surface area contributed by atoms with E-state index in [9.17, 15) is 0 Å². The van der Waals surface area contributed by atoms with E-state index < -0.39 is 0 Å². The number of fused-ring (bicyclic) bond motifs is 1. The molecule has 1 atom stereocenters. The van der Waals surface area contributed by atoms with Gasteiger partial charge < -0.3 is 4.90 Å². The molecule has 1 aliphatic rings. The number of hydrogen-bond donors (Lipinski definition) is 0. The highest BCUT2D eigenvalue weighted by Crippen LogP contribution is 2.32. The summed E-state index contributed by atoms with van der Waals surface area (Å²) in [6.45, 7) is 4.68. The molecule has 4 rings (SSSR count). The average Bonchev–Trinajstić information content (AvgIpc) is 3.18. The maximum absolute atomic E-state index is 6.27. The van der Waals surface area contributed by atoms with Crippen LogP contribution in [-0.4, -0.2) is 34.0 Å². The normalized spacial score (nSPS) is 18.5. The number of benzene rings is 1. The molecule has 0 bridgehead atoms. The first-order valence-corrected chi connectivity index (χ1v) is 9.63. The maximum Gasteiger partial charge on any atom is 0.0951 e. The second-order valence-corrected chi connectivity index (χ2v) is 7.95. The molecule has 0 unspecified atom stereocenters. The third-order valence-electron chi connectivity index (χ3n) is 4.82. The lowest BCUT2D eigenvalue weighted by Gasteiger charge is -2.19. The van der Waals surface area contributed by atoms with E-state index in [0.717, 1.165) is 35.7 Å². The quantitative estimate of drug-likeness (QED) is 0.655. The Morgan fingerprint density at radius 1 is 1.33 bits per heavy atom. The number of aromatic nitrogens is 2. The van der Waals surface area contributed by atoms with Crippen LogP contribution in [0.25, 0.3) is 21.3 Å². The van der Waals surface area contributed by atoms with Gasteiger partial charge in [-0.25, -0.2) is 4.98 Å². The first-order valence-electron chi connectivity index (χ1n) is 8.44. The molecule has 5 heteroatoms. The second-order valence-electron chi connectivity index (χ2n) is 6.42. The number of rotatable bonds is 4. The molecular formula is C19H20ClN3S. The van der Waals surface area contributed by atoms with Crippen molar-refractivity contribution >= 4 is 33.2 Å². The van der Waals surface area contributed by atoms with E-state index in [0.29, 0.717) is 5.02 Å². The molecule has 0 N–H and O–H groups in total. The van der Waals surface area contributed by atoms with Crippen molar-refractivity contribution < 1.29 is 0 Å². The minimum Gasteiger partial charge on any atom is -0.300 e. The number of halogens is 1. The molecule has 3 nitrogen and oxygen atoms in total. The molecule has 1 aliphatic heterocycles. The Morgan fingerprint density at radius 2 is 2.25 bits per heavy atom. The zero-order valence-corrected chi connectivity index (χ0v) is 15.3. The lowest BCUT2D eigenvalue weighted by atomic mass is 10.1. The van der Waals surface area contributed by atoms with Gasteiger partial charge in [-0.3, -0.25) is 4.98 Å². The van der Waals surface area contributed by atoms with Crippen molar-refractivity contribution in [3.05, 3.63) is 46.7 Å². The summed E-state index contributed by atoms with van der Waals surface area (Å²) >= 11 is 8.07. The van der Waals surface area contributed by atoms with Crippen LogP contribution in [0.1, 0.15) is 24.8 Å². The van der Waals surface area contributed by atoms with Gasteiger partial charge in [0.15, 0.2) is 0 Å². The third kappa shape index (κ3) is 3.18. The Bertz CT molecular complexity index is 861. The van der Waals surface area contributed by atoms with Crippen LogP contribution in [0.15, 0.2) is 36.7 Å². The molecular weight excluding hydrogens is 338 g/mol. The number of hydrogen-bond acceptors (Lipinski definition) is 4. The van der Waals surface area contributed by atoms with E-state index in [1.165, 1.54) is 29.1 Å². The Hall–Kier alpha value is -1.49. The highest BCUT2D eigenvalue weighted by molar-refractivity contribution is 7.18. The van der Waals surface area contributed by atoms with Crippen molar-refractivity contribution in [2.45, 2.75) is 32.2 Å². The van der Waals surface area contributed by atoms with Crippen molar-refractivity contribution in [3.63, 3.8) is 0 Å². The number of nitrogens with zero attached hydrogens (tertiary/aromatic N) is 3. The fraction of sp³-hybridized carbons (Fsp3) is 0.368. The predicted molar refractivity (Wildman–Crippen MR) is 102 cm³/mol. The zero-order chi connectivity index (χ0) is 16.5. The van der Waals surface area contributed by atoms with Crippen molar-refractivity contribution in [2.24, 2.45) is 0 Å². The van der Waals surface area contributed by atoms with Gasteiger partial charge in [-0.2, -0.15) is 0 Å². The fourth-order valence-corrected chi connectivity index (χ4v) is 4.64. The topological polar surface area (TPSA) is 29.0 Å². The minimum absolute atomic E-state index is 0.685. The summed E-state index contributed by atoms with van der Waals surface area (Å²) in [6, 6.07) is 9.06. The molecule has 3 heterocycles. The van der Waals surface area contributed by atoms with E-state index in [4.69, 9.17) is 16.6 Å². The molecule has 124 valence electrons. The molecule has 0 spiro atoms. The SMILES string of the molecule is C[C@@H]1CCCN1CCc1nc2ccc(-c3ccncc3Cl)cc2s1. The van der Waals surface area contributed by atoms with Gasteiger partial charge in [0.05, 0.1) is 20.2 Å². The summed E-state index contributed by atoms with van der Waals surface area (Å²) in [5.41, 5.74) is 3.23. The van der Waals surface area contributed by atoms with Gasteiger partial charge in [-0.05, 0) is 50.1 Å².